The number of likely N-dealkylation sites (N-methyl/N-ethyl adjacent to an activating group) is 1. The van der Waals surface area contributed by atoms with Gasteiger partial charge in [-0.2, -0.15) is 0 Å². The van der Waals surface area contributed by atoms with Crippen LogP contribution < -0.4 is 4.90 Å². The minimum absolute atomic E-state index is 0.167. The van der Waals surface area contributed by atoms with Crippen molar-refractivity contribution < 1.29 is 9.59 Å². The molecule has 2 rings (SSSR count). The standard InChI is InChI=1S/C12H13IN2O2/c1-7(16)15-10-5-4-8(13)6-9(10)11(12(15)17)14(2)3/h4-6,11H,1-3H3. The molecule has 1 aliphatic rings. The van der Waals surface area contributed by atoms with Crippen molar-refractivity contribution in [3.8, 4) is 0 Å². The summed E-state index contributed by atoms with van der Waals surface area (Å²) in [6, 6.07) is 5.34. The summed E-state index contributed by atoms with van der Waals surface area (Å²) in [4.78, 5) is 26.9. The molecule has 0 fully saturated rings. The van der Waals surface area contributed by atoms with Crippen molar-refractivity contribution in [3.05, 3.63) is 27.3 Å². The second-order valence-corrected chi connectivity index (χ2v) is 5.51. The van der Waals surface area contributed by atoms with Gasteiger partial charge in [0.25, 0.3) is 5.91 Å². The number of amides is 2. The summed E-state index contributed by atoms with van der Waals surface area (Å²) in [5.74, 6) is -0.402. The van der Waals surface area contributed by atoms with Crippen LogP contribution in [0.2, 0.25) is 0 Å². The molecule has 17 heavy (non-hydrogen) atoms. The van der Waals surface area contributed by atoms with Gasteiger partial charge >= 0.3 is 0 Å². The molecule has 0 bridgehead atoms. The molecule has 0 saturated carbocycles. The Morgan fingerprint density at radius 2 is 2.06 bits per heavy atom. The number of benzene rings is 1. The Morgan fingerprint density at radius 1 is 1.41 bits per heavy atom. The molecule has 2 amide bonds. The lowest BCUT2D eigenvalue weighted by atomic mass is 10.1. The van der Waals surface area contributed by atoms with E-state index >= 15 is 0 Å². The molecule has 0 spiro atoms. The minimum atomic E-state index is -0.358. The molecule has 90 valence electrons. The van der Waals surface area contributed by atoms with Crippen LogP contribution in [0.3, 0.4) is 0 Å². The van der Waals surface area contributed by atoms with Gasteiger partial charge in [0.05, 0.1) is 5.69 Å². The lowest BCUT2D eigenvalue weighted by molar-refractivity contribution is -0.127. The summed E-state index contributed by atoms with van der Waals surface area (Å²) in [5, 5.41) is 0. The van der Waals surface area contributed by atoms with Crippen LogP contribution in [-0.2, 0) is 9.59 Å². The first-order valence-electron chi connectivity index (χ1n) is 5.24. The van der Waals surface area contributed by atoms with Gasteiger partial charge < -0.3 is 0 Å². The SMILES string of the molecule is CC(=O)N1C(=O)C(N(C)C)c2cc(I)ccc21. The first kappa shape index (κ1) is 12.5. The Balaban J connectivity index is 2.61. The monoisotopic (exact) mass is 344 g/mol. The number of imide groups is 1. The molecule has 0 N–H and O–H groups in total. The van der Waals surface area contributed by atoms with Crippen molar-refractivity contribution in [1.29, 1.82) is 0 Å². The van der Waals surface area contributed by atoms with E-state index in [9.17, 15) is 9.59 Å². The number of nitrogens with zero attached hydrogens (tertiary/aromatic N) is 2. The maximum atomic E-state index is 12.2. The highest BCUT2D eigenvalue weighted by molar-refractivity contribution is 14.1. The Bertz CT molecular complexity index is 499. The van der Waals surface area contributed by atoms with Gasteiger partial charge in [0.2, 0.25) is 5.91 Å². The van der Waals surface area contributed by atoms with Crippen LogP contribution in [0.1, 0.15) is 18.5 Å². The minimum Gasteiger partial charge on any atom is -0.294 e. The van der Waals surface area contributed by atoms with Crippen LogP contribution in [0.4, 0.5) is 5.69 Å². The number of anilines is 1. The Hall–Kier alpha value is -0.950. The molecule has 0 aliphatic carbocycles. The van der Waals surface area contributed by atoms with Gasteiger partial charge in [-0.1, -0.05) is 0 Å². The van der Waals surface area contributed by atoms with Gasteiger partial charge in [0, 0.05) is 16.1 Å². The highest BCUT2D eigenvalue weighted by Crippen LogP contribution is 2.39. The summed E-state index contributed by atoms with van der Waals surface area (Å²) in [6.07, 6.45) is 0. The predicted octanol–water partition coefficient (Wildman–Crippen LogP) is 1.79. The third-order valence-electron chi connectivity index (χ3n) is 2.81. The van der Waals surface area contributed by atoms with Gasteiger partial charge in [0.15, 0.2) is 0 Å². The lowest BCUT2D eigenvalue weighted by Crippen LogP contribution is -2.37. The molecule has 1 aromatic carbocycles. The Kier molecular flexibility index (Phi) is 3.22. The van der Waals surface area contributed by atoms with E-state index < -0.39 is 0 Å². The quantitative estimate of drug-likeness (QED) is 0.730. The van der Waals surface area contributed by atoms with Crippen molar-refractivity contribution in [2.45, 2.75) is 13.0 Å². The molecule has 1 aliphatic heterocycles. The molecule has 1 unspecified atom stereocenters. The maximum Gasteiger partial charge on any atom is 0.255 e. The van der Waals surface area contributed by atoms with Crippen molar-refractivity contribution in [2.75, 3.05) is 19.0 Å². The fraction of sp³-hybridized carbons (Fsp3) is 0.333. The van der Waals surface area contributed by atoms with Crippen LogP contribution in [0, 0.1) is 3.57 Å². The Morgan fingerprint density at radius 3 is 2.59 bits per heavy atom. The molecule has 0 saturated heterocycles. The zero-order chi connectivity index (χ0) is 12.7. The molecule has 0 radical (unpaired) electrons. The second-order valence-electron chi connectivity index (χ2n) is 4.26. The van der Waals surface area contributed by atoms with E-state index in [4.69, 9.17) is 0 Å². The number of halogens is 1. The number of carbonyl (C=O) groups excluding carboxylic acids is 2. The first-order valence-corrected chi connectivity index (χ1v) is 6.31. The number of hydrogen-bond donors (Lipinski definition) is 0. The largest absolute Gasteiger partial charge is 0.294 e. The Labute approximate surface area is 114 Å². The van der Waals surface area contributed by atoms with E-state index in [0.29, 0.717) is 5.69 Å². The third kappa shape index (κ3) is 1.97. The highest BCUT2D eigenvalue weighted by atomic mass is 127. The molecular weight excluding hydrogens is 331 g/mol. The molecule has 0 aromatic heterocycles. The lowest BCUT2D eigenvalue weighted by Gasteiger charge is -2.18. The summed E-state index contributed by atoms with van der Waals surface area (Å²) >= 11 is 2.20. The fourth-order valence-corrected chi connectivity index (χ4v) is 2.66. The third-order valence-corrected chi connectivity index (χ3v) is 3.48. The van der Waals surface area contributed by atoms with Crippen LogP contribution in [-0.4, -0.2) is 30.8 Å². The van der Waals surface area contributed by atoms with E-state index in [1.54, 1.807) is 0 Å². The highest BCUT2D eigenvalue weighted by Gasteiger charge is 2.40. The number of fused-ring (bicyclic) bond motifs is 1. The molecular formula is C12H13IN2O2. The van der Waals surface area contributed by atoms with Gasteiger partial charge in [-0.25, -0.2) is 4.90 Å². The number of rotatable bonds is 1. The maximum absolute atomic E-state index is 12.2. The van der Waals surface area contributed by atoms with Gasteiger partial charge in [-0.15, -0.1) is 0 Å². The zero-order valence-electron chi connectivity index (χ0n) is 9.90. The average Bonchev–Trinajstić information content (AvgIpc) is 2.48. The van der Waals surface area contributed by atoms with Gasteiger partial charge in [-0.05, 0) is 54.9 Å². The normalized spacial score (nSPS) is 18.8. The molecule has 1 heterocycles. The molecule has 5 heteroatoms. The first-order chi connectivity index (χ1) is 7.93. The van der Waals surface area contributed by atoms with E-state index in [1.165, 1.54) is 11.8 Å². The predicted molar refractivity (Wildman–Crippen MR) is 73.8 cm³/mol. The van der Waals surface area contributed by atoms with E-state index in [0.717, 1.165) is 9.13 Å². The summed E-state index contributed by atoms with van der Waals surface area (Å²) in [5.41, 5.74) is 1.61. The van der Waals surface area contributed by atoms with Crippen LogP contribution in [0.5, 0.6) is 0 Å². The van der Waals surface area contributed by atoms with Crippen molar-refractivity contribution >= 4 is 40.1 Å². The second kappa shape index (κ2) is 4.38. The number of hydrogen-bond acceptors (Lipinski definition) is 3. The fourth-order valence-electron chi connectivity index (χ4n) is 2.15. The van der Waals surface area contributed by atoms with Gasteiger partial charge in [-0.3, -0.25) is 14.5 Å². The molecule has 4 nitrogen and oxygen atoms in total. The van der Waals surface area contributed by atoms with Crippen molar-refractivity contribution in [1.82, 2.24) is 4.90 Å². The van der Waals surface area contributed by atoms with Crippen LogP contribution in [0.25, 0.3) is 0 Å². The van der Waals surface area contributed by atoms with E-state index in [1.807, 2.05) is 37.2 Å². The summed E-state index contributed by atoms with van der Waals surface area (Å²) < 4.78 is 1.06. The topological polar surface area (TPSA) is 40.6 Å². The van der Waals surface area contributed by atoms with E-state index in [2.05, 4.69) is 22.6 Å². The number of carbonyl (C=O) groups is 2. The summed E-state index contributed by atoms with van der Waals surface area (Å²) in [7, 11) is 3.69. The average molecular weight is 344 g/mol. The van der Waals surface area contributed by atoms with Crippen LogP contribution >= 0.6 is 22.6 Å². The van der Waals surface area contributed by atoms with Gasteiger partial charge in [0.1, 0.15) is 6.04 Å². The smallest absolute Gasteiger partial charge is 0.255 e. The van der Waals surface area contributed by atoms with Crippen molar-refractivity contribution in [3.63, 3.8) is 0 Å². The van der Waals surface area contributed by atoms with Crippen LogP contribution in [0.15, 0.2) is 18.2 Å². The van der Waals surface area contributed by atoms with E-state index in [-0.39, 0.29) is 17.9 Å². The molecule has 1 aromatic rings. The summed E-state index contributed by atoms with van der Waals surface area (Å²) in [6.45, 7) is 1.41. The molecule has 1 atom stereocenters. The zero-order valence-corrected chi connectivity index (χ0v) is 12.1. The van der Waals surface area contributed by atoms with Crippen molar-refractivity contribution in [2.24, 2.45) is 0 Å².